The highest BCUT2D eigenvalue weighted by molar-refractivity contribution is 6.00. The van der Waals surface area contributed by atoms with E-state index in [1.807, 2.05) is 6.07 Å². The van der Waals surface area contributed by atoms with Crippen LogP contribution in [0.3, 0.4) is 0 Å². The number of alkyl halides is 4. The number of pyridine rings is 2. The average molecular weight is 610 g/mol. The first kappa shape index (κ1) is 30.1. The van der Waals surface area contributed by atoms with E-state index in [1.54, 1.807) is 6.07 Å². The van der Waals surface area contributed by atoms with Crippen LogP contribution in [0.5, 0.6) is 11.5 Å². The first-order valence-corrected chi connectivity index (χ1v) is 12.8. The number of hydrogen-bond donors (Lipinski definition) is 2. The number of amides is 1. The average Bonchev–Trinajstić information content (AvgIpc) is 3.41. The predicted octanol–water partition coefficient (Wildman–Crippen LogP) is 4.62. The molecular formula is C30H20F5N5O4. The van der Waals surface area contributed by atoms with Gasteiger partial charge in [0.15, 0.2) is 5.75 Å². The number of ether oxygens (including phenoxy) is 2. The zero-order valence-electron chi connectivity index (χ0n) is 22.7. The number of rotatable bonds is 7. The minimum Gasteiger partial charge on any atom is -0.494 e. The second-order valence-corrected chi connectivity index (χ2v) is 9.98. The summed E-state index contributed by atoms with van der Waals surface area (Å²) >= 11 is 0. The highest BCUT2D eigenvalue weighted by Crippen LogP contribution is 2.48. The van der Waals surface area contributed by atoms with Gasteiger partial charge in [-0.3, -0.25) is 9.78 Å². The molecule has 2 aromatic carbocycles. The summed E-state index contributed by atoms with van der Waals surface area (Å²) in [6, 6.07) is 12.7. The van der Waals surface area contributed by atoms with Gasteiger partial charge in [-0.25, -0.2) is 13.8 Å². The molecule has 0 bridgehead atoms. The fourth-order valence-electron chi connectivity index (χ4n) is 4.77. The van der Waals surface area contributed by atoms with Gasteiger partial charge in [-0.15, -0.1) is 0 Å². The van der Waals surface area contributed by atoms with E-state index in [-0.39, 0.29) is 39.4 Å². The van der Waals surface area contributed by atoms with E-state index < -0.39 is 54.4 Å². The van der Waals surface area contributed by atoms with E-state index in [0.29, 0.717) is 10.9 Å². The molecule has 0 radical (unpaired) electrons. The molecule has 5 rings (SSSR count). The quantitative estimate of drug-likeness (QED) is 0.289. The summed E-state index contributed by atoms with van der Waals surface area (Å²) in [6.07, 6.45) is -4.16. The molecule has 0 saturated heterocycles. The molecule has 224 valence electrons. The van der Waals surface area contributed by atoms with Gasteiger partial charge in [0.05, 0.1) is 31.0 Å². The van der Waals surface area contributed by atoms with Crippen LogP contribution in [0.1, 0.15) is 27.2 Å². The van der Waals surface area contributed by atoms with E-state index in [9.17, 15) is 42.4 Å². The number of nitrogens with zero attached hydrogens (tertiary/aromatic N) is 4. The Morgan fingerprint density at radius 3 is 2.52 bits per heavy atom. The second-order valence-electron chi connectivity index (χ2n) is 9.98. The Hall–Kier alpha value is -5.34. The maximum atomic E-state index is 14.6. The molecule has 4 aromatic rings. The lowest BCUT2D eigenvalue weighted by Gasteiger charge is -2.31. The lowest BCUT2D eigenvalue weighted by Crippen LogP contribution is -2.51. The molecule has 2 aromatic heterocycles. The lowest BCUT2D eigenvalue weighted by atomic mass is 9.83. The molecule has 0 aliphatic carbocycles. The molecule has 14 heteroatoms. The largest absolute Gasteiger partial charge is 0.494 e. The Labute approximate surface area is 246 Å². The van der Waals surface area contributed by atoms with E-state index in [4.69, 9.17) is 9.47 Å². The minimum atomic E-state index is -5.45. The zero-order valence-corrected chi connectivity index (χ0v) is 22.7. The molecule has 0 spiro atoms. The standard InChI is InChI=1S/C30H20F5N5O4/c1-43-22-8-19(7-18-6-16(10-36)11-38-24(18)22)27(41)39-14-29(42,30(33,34)35)23-9-21-26(44-15-28(21,12-31)13-37)25(40-23)17-2-4-20(32)5-3-17/h2-9,11,42H,12,14-15H2,1H3,(H,39,41)/t28-,29-/m0/s1. The molecule has 0 unspecified atom stereocenters. The number of nitrogens with one attached hydrogen (secondary N) is 1. The summed E-state index contributed by atoms with van der Waals surface area (Å²) in [5.41, 5.74) is -7.13. The summed E-state index contributed by atoms with van der Waals surface area (Å²) in [5, 5.41) is 32.5. The molecule has 1 aliphatic rings. The van der Waals surface area contributed by atoms with E-state index in [2.05, 4.69) is 15.3 Å². The van der Waals surface area contributed by atoms with Crippen molar-refractivity contribution in [3.05, 3.63) is 82.9 Å². The van der Waals surface area contributed by atoms with Gasteiger partial charge in [-0.05, 0) is 48.5 Å². The fourth-order valence-corrected chi connectivity index (χ4v) is 4.77. The van der Waals surface area contributed by atoms with Crippen molar-refractivity contribution in [1.29, 1.82) is 10.5 Å². The van der Waals surface area contributed by atoms with Crippen LogP contribution in [0.25, 0.3) is 22.2 Å². The smallest absolute Gasteiger partial charge is 0.424 e. The summed E-state index contributed by atoms with van der Waals surface area (Å²) in [4.78, 5) is 21.2. The molecule has 1 amide bonds. The van der Waals surface area contributed by atoms with Crippen LogP contribution >= 0.6 is 0 Å². The lowest BCUT2D eigenvalue weighted by molar-refractivity contribution is -0.265. The molecule has 0 saturated carbocycles. The van der Waals surface area contributed by atoms with Crippen molar-refractivity contribution < 1.29 is 41.3 Å². The Kier molecular flexibility index (Phi) is 7.57. The summed E-state index contributed by atoms with van der Waals surface area (Å²) < 4.78 is 82.5. The predicted molar refractivity (Wildman–Crippen MR) is 144 cm³/mol. The van der Waals surface area contributed by atoms with Gasteiger partial charge in [-0.2, -0.15) is 23.7 Å². The third-order valence-electron chi connectivity index (χ3n) is 7.27. The van der Waals surface area contributed by atoms with E-state index in [0.717, 1.165) is 18.2 Å². The SMILES string of the molecule is COc1cc(C(=O)NC[C@](O)(c2cc3c(c(-c4ccc(F)cc4)n2)OC[C@@]3(C#N)CF)C(F)(F)F)cc2cc(C#N)cnc12. The highest BCUT2D eigenvalue weighted by atomic mass is 19.4. The van der Waals surface area contributed by atoms with Gasteiger partial charge in [0.2, 0.25) is 5.60 Å². The van der Waals surface area contributed by atoms with Crippen LogP contribution in [0.4, 0.5) is 22.0 Å². The zero-order chi connectivity index (χ0) is 31.9. The first-order valence-electron chi connectivity index (χ1n) is 12.8. The van der Waals surface area contributed by atoms with Crippen molar-refractivity contribution in [2.75, 3.05) is 26.9 Å². The Balaban J connectivity index is 1.59. The maximum absolute atomic E-state index is 14.6. The molecule has 9 nitrogen and oxygen atoms in total. The first-order chi connectivity index (χ1) is 20.9. The van der Waals surface area contributed by atoms with Gasteiger partial charge in [0, 0.05) is 28.3 Å². The van der Waals surface area contributed by atoms with Crippen molar-refractivity contribution in [2.24, 2.45) is 0 Å². The van der Waals surface area contributed by atoms with Crippen molar-refractivity contribution in [3.63, 3.8) is 0 Å². The molecule has 1 aliphatic heterocycles. The van der Waals surface area contributed by atoms with Crippen molar-refractivity contribution in [1.82, 2.24) is 15.3 Å². The van der Waals surface area contributed by atoms with Gasteiger partial charge in [0.1, 0.15) is 47.5 Å². The van der Waals surface area contributed by atoms with E-state index >= 15 is 0 Å². The number of carbonyl (C=O) groups excluding carboxylic acids is 1. The Bertz CT molecular complexity index is 1870. The summed E-state index contributed by atoms with van der Waals surface area (Å²) in [7, 11) is 1.29. The topological polar surface area (TPSA) is 141 Å². The number of carbonyl (C=O) groups is 1. The number of hydrogen-bond acceptors (Lipinski definition) is 8. The van der Waals surface area contributed by atoms with Crippen LogP contribution in [0, 0.1) is 28.5 Å². The number of halogens is 5. The van der Waals surface area contributed by atoms with Gasteiger partial charge in [0.25, 0.3) is 5.91 Å². The van der Waals surface area contributed by atoms with Crippen LogP contribution < -0.4 is 14.8 Å². The molecule has 44 heavy (non-hydrogen) atoms. The van der Waals surface area contributed by atoms with Crippen LogP contribution in [0.15, 0.2) is 54.7 Å². The summed E-state index contributed by atoms with van der Waals surface area (Å²) in [5.74, 6) is -1.79. The van der Waals surface area contributed by atoms with Crippen molar-refractivity contribution >= 4 is 16.8 Å². The number of benzene rings is 2. The third-order valence-corrected chi connectivity index (χ3v) is 7.27. The Morgan fingerprint density at radius 1 is 1.18 bits per heavy atom. The third kappa shape index (κ3) is 4.99. The molecule has 0 fully saturated rings. The number of methoxy groups -OCH3 is 1. The maximum Gasteiger partial charge on any atom is 0.424 e. The normalized spacial score (nSPS) is 17.1. The number of aliphatic hydroxyl groups is 1. The molecule has 3 heterocycles. The van der Waals surface area contributed by atoms with E-state index in [1.165, 1.54) is 43.6 Å². The Morgan fingerprint density at radius 2 is 1.91 bits per heavy atom. The van der Waals surface area contributed by atoms with Crippen molar-refractivity contribution in [2.45, 2.75) is 17.2 Å². The molecule has 2 N–H and O–H groups in total. The van der Waals surface area contributed by atoms with Crippen molar-refractivity contribution in [3.8, 4) is 34.9 Å². The molecular weight excluding hydrogens is 589 g/mol. The second kappa shape index (κ2) is 11.1. The van der Waals surface area contributed by atoms with Crippen LogP contribution in [-0.4, -0.2) is 54.1 Å². The minimum absolute atomic E-state index is 0.0688. The van der Waals surface area contributed by atoms with Gasteiger partial charge >= 0.3 is 6.18 Å². The van der Waals surface area contributed by atoms with Gasteiger partial charge < -0.3 is 19.9 Å². The fraction of sp³-hybridized carbons (Fsp3) is 0.233. The number of aromatic nitrogens is 2. The monoisotopic (exact) mass is 609 g/mol. The van der Waals surface area contributed by atoms with Gasteiger partial charge in [-0.1, -0.05) is 0 Å². The number of nitriles is 2. The molecule has 2 atom stereocenters. The number of fused-ring (bicyclic) bond motifs is 2. The van der Waals surface area contributed by atoms with Crippen LogP contribution in [-0.2, 0) is 11.0 Å². The van der Waals surface area contributed by atoms with Crippen LogP contribution in [0.2, 0.25) is 0 Å². The highest BCUT2D eigenvalue weighted by Gasteiger charge is 2.57. The summed E-state index contributed by atoms with van der Waals surface area (Å²) in [6.45, 7) is -3.31.